The molecule has 0 radical (unpaired) electrons. The second-order valence-corrected chi connectivity index (χ2v) is 9.78. The van der Waals surface area contributed by atoms with E-state index in [2.05, 4.69) is 19.0 Å². The predicted octanol–water partition coefficient (Wildman–Crippen LogP) is 1.73. The number of hydrogen-bond donors (Lipinski definition) is 0. The normalized spacial score (nSPS) is 26.0. The molecule has 7 heteroatoms. The van der Waals surface area contributed by atoms with Crippen molar-refractivity contribution in [1.29, 1.82) is 0 Å². The van der Waals surface area contributed by atoms with Gasteiger partial charge in [-0.2, -0.15) is 4.31 Å². The van der Waals surface area contributed by atoms with Gasteiger partial charge in [-0.05, 0) is 49.7 Å². The molecular weight excluding hydrogens is 320 g/mol. The first-order valence-corrected chi connectivity index (χ1v) is 10.0. The van der Waals surface area contributed by atoms with E-state index in [4.69, 9.17) is 4.74 Å². The monoisotopic (exact) mass is 344 g/mol. The van der Waals surface area contributed by atoms with Crippen molar-refractivity contribution in [2.75, 3.05) is 46.9 Å². The van der Waals surface area contributed by atoms with E-state index in [0.29, 0.717) is 23.2 Å². The largest absolute Gasteiger partial charge is 0.381 e. The smallest absolute Gasteiger partial charge is 0.252 e. The Morgan fingerprint density at radius 1 is 1.41 bits per heavy atom. The predicted molar refractivity (Wildman–Crippen MR) is 87.6 cm³/mol. The Balaban J connectivity index is 1.86. The first kappa shape index (κ1) is 16.4. The van der Waals surface area contributed by atoms with Crippen molar-refractivity contribution >= 4 is 21.4 Å². The van der Waals surface area contributed by atoms with E-state index in [-0.39, 0.29) is 5.41 Å². The summed E-state index contributed by atoms with van der Waals surface area (Å²) < 4.78 is 33.4. The van der Waals surface area contributed by atoms with Crippen LogP contribution in [0.3, 0.4) is 0 Å². The van der Waals surface area contributed by atoms with Crippen LogP contribution in [0.5, 0.6) is 0 Å². The Morgan fingerprint density at radius 3 is 2.73 bits per heavy atom. The van der Waals surface area contributed by atoms with Gasteiger partial charge < -0.3 is 9.64 Å². The maximum Gasteiger partial charge on any atom is 0.252 e. The van der Waals surface area contributed by atoms with Gasteiger partial charge in [-0.1, -0.05) is 6.07 Å². The van der Waals surface area contributed by atoms with Crippen LogP contribution in [0.15, 0.2) is 21.7 Å². The summed E-state index contributed by atoms with van der Waals surface area (Å²) in [5.41, 5.74) is 0.0762. The average molecular weight is 345 g/mol. The summed E-state index contributed by atoms with van der Waals surface area (Å²) in [6.07, 6.45) is 1.92. The lowest BCUT2D eigenvalue weighted by molar-refractivity contribution is -0.00332. The molecule has 2 saturated heterocycles. The molecule has 0 saturated carbocycles. The quantitative estimate of drug-likeness (QED) is 0.835. The van der Waals surface area contributed by atoms with Gasteiger partial charge >= 0.3 is 0 Å². The lowest BCUT2D eigenvalue weighted by Crippen LogP contribution is -2.40. The Kier molecular flexibility index (Phi) is 4.62. The van der Waals surface area contributed by atoms with Crippen LogP contribution < -0.4 is 0 Å². The Hall–Kier alpha value is -0.470. The van der Waals surface area contributed by atoms with Crippen molar-refractivity contribution in [2.24, 2.45) is 11.3 Å². The molecule has 0 bridgehead atoms. The zero-order valence-corrected chi connectivity index (χ0v) is 14.8. The third kappa shape index (κ3) is 2.97. The molecule has 3 heterocycles. The summed E-state index contributed by atoms with van der Waals surface area (Å²) in [6, 6.07) is 3.51. The maximum atomic E-state index is 12.8. The SMILES string of the molecule is CN(C)C[C@H]1CN(S(=O)(=O)c2cccs2)CC12CCOCC2. The van der Waals surface area contributed by atoms with Crippen molar-refractivity contribution in [1.82, 2.24) is 9.21 Å². The van der Waals surface area contributed by atoms with Gasteiger partial charge in [0.2, 0.25) is 0 Å². The van der Waals surface area contributed by atoms with Crippen LogP contribution in [-0.2, 0) is 14.8 Å². The van der Waals surface area contributed by atoms with Crippen molar-refractivity contribution in [3.8, 4) is 0 Å². The van der Waals surface area contributed by atoms with Crippen molar-refractivity contribution in [3.05, 3.63) is 17.5 Å². The highest BCUT2D eigenvalue weighted by atomic mass is 32.2. The van der Waals surface area contributed by atoms with Gasteiger partial charge in [0.15, 0.2) is 0 Å². The number of sulfonamides is 1. The molecule has 0 amide bonds. The topological polar surface area (TPSA) is 49.9 Å². The van der Waals surface area contributed by atoms with Crippen LogP contribution in [0.25, 0.3) is 0 Å². The molecule has 1 spiro atoms. The molecule has 2 aliphatic heterocycles. The van der Waals surface area contributed by atoms with Gasteiger partial charge in [0.05, 0.1) is 0 Å². The van der Waals surface area contributed by atoms with E-state index in [1.165, 1.54) is 11.3 Å². The van der Waals surface area contributed by atoms with Crippen LogP contribution >= 0.6 is 11.3 Å². The van der Waals surface area contributed by atoms with Gasteiger partial charge in [-0.15, -0.1) is 11.3 Å². The van der Waals surface area contributed by atoms with Crippen LogP contribution in [0, 0.1) is 11.3 Å². The van der Waals surface area contributed by atoms with E-state index in [0.717, 1.165) is 32.6 Å². The Morgan fingerprint density at radius 2 is 2.14 bits per heavy atom. The van der Waals surface area contributed by atoms with E-state index >= 15 is 0 Å². The van der Waals surface area contributed by atoms with Crippen LogP contribution in [0.4, 0.5) is 0 Å². The number of hydrogen-bond acceptors (Lipinski definition) is 5. The minimum atomic E-state index is -3.35. The fourth-order valence-electron chi connectivity index (χ4n) is 3.74. The Labute approximate surface area is 136 Å². The molecule has 5 nitrogen and oxygen atoms in total. The molecule has 22 heavy (non-hydrogen) atoms. The van der Waals surface area contributed by atoms with Crippen molar-refractivity contribution in [2.45, 2.75) is 17.1 Å². The molecular formula is C15H24N2O3S2. The standard InChI is InChI=1S/C15H24N2O3S2/c1-16(2)10-13-11-17(12-15(13)5-7-20-8-6-15)22(18,19)14-4-3-9-21-14/h3-4,9,13H,5-8,10-12H2,1-2H3/t13-/m0/s1. The summed E-state index contributed by atoms with van der Waals surface area (Å²) in [7, 11) is 0.771. The van der Waals surface area contributed by atoms with Gasteiger partial charge in [0, 0.05) is 32.8 Å². The first-order valence-electron chi connectivity index (χ1n) is 7.70. The molecule has 1 aromatic heterocycles. The second kappa shape index (κ2) is 6.20. The lowest BCUT2D eigenvalue weighted by Gasteiger charge is -2.39. The molecule has 1 aromatic rings. The molecule has 2 aliphatic rings. The minimum Gasteiger partial charge on any atom is -0.381 e. The highest BCUT2D eigenvalue weighted by molar-refractivity contribution is 7.91. The minimum absolute atomic E-state index is 0.0762. The number of nitrogens with zero attached hydrogens (tertiary/aromatic N) is 2. The second-order valence-electron chi connectivity index (χ2n) is 6.66. The number of ether oxygens (including phenoxy) is 1. The summed E-state index contributed by atoms with van der Waals surface area (Å²) in [4.78, 5) is 2.17. The fourth-order valence-corrected chi connectivity index (χ4v) is 6.47. The van der Waals surface area contributed by atoms with Crippen LogP contribution in [0.1, 0.15) is 12.8 Å². The zero-order chi connectivity index (χ0) is 15.8. The molecule has 0 N–H and O–H groups in total. The summed E-state index contributed by atoms with van der Waals surface area (Å²) in [5.74, 6) is 0.376. The van der Waals surface area contributed by atoms with E-state index in [1.54, 1.807) is 16.4 Å². The molecule has 0 unspecified atom stereocenters. The van der Waals surface area contributed by atoms with Crippen LogP contribution in [0.2, 0.25) is 0 Å². The molecule has 124 valence electrons. The average Bonchev–Trinajstić information content (AvgIpc) is 3.10. The summed E-state index contributed by atoms with van der Waals surface area (Å²) in [6.45, 7) is 3.68. The maximum absolute atomic E-state index is 12.8. The molecule has 0 aromatic carbocycles. The molecule has 0 aliphatic carbocycles. The van der Waals surface area contributed by atoms with Gasteiger partial charge in [-0.3, -0.25) is 0 Å². The van der Waals surface area contributed by atoms with Crippen molar-refractivity contribution in [3.63, 3.8) is 0 Å². The third-order valence-electron chi connectivity index (χ3n) is 4.94. The third-order valence-corrected chi connectivity index (χ3v) is 8.13. The summed E-state index contributed by atoms with van der Waals surface area (Å²) in [5, 5.41) is 1.82. The highest BCUT2D eigenvalue weighted by Gasteiger charge is 2.50. The fraction of sp³-hybridized carbons (Fsp3) is 0.733. The number of thiophene rings is 1. The van der Waals surface area contributed by atoms with Crippen molar-refractivity contribution < 1.29 is 13.2 Å². The Bertz CT molecular complexity index is 592. The lowest BCUT2D eigenvalue weighted by atomic mass is 9.72. The zero-order valence-electron chi connectivity index (χ0n) is 13.2. The van der Waals surface area contributed by atoms with E-state index in [1.807, 2.05) is 5.38 Å². The summed E-state index contributed by atoms with van der Waals surface area (Å²) >= 11 is 1.30. The molecule has 2 fully saturated rings. The molecule has 3 rings (SSSR count). The first-order chi connectivity index (χ1) is 10.4. The van der Waals surface area contributed by atoms with E-state index < -0.39 is 10.0 Å². The van der Waals surface area contributed by atoms with Gasteiger partial charge in [-0.25, -0.2) is 8.42 Å². The van der Waals surface area contributed by atoms with Crippen LogP contribution in [-0.4, -0.2) is 64.6 Å². The highest BCUT2D eigenvalue weighted by Crippen LogP contribution is 2.46. The van der Waals surface area contributed by atoms with Gasteiger partial charge in [0.1, 0.15) is 4.21 Å². The number of rotatable bonds is 4. The van der Waals surface area contributed by atoms with Gasteiger partial charge in [0.25, 0.3) is 10.0 Å². The van der Waals surface area contributed by atoms with E-state index in [9.17, 15) is 8.42 Å². The molecule has 1 atom stereocenters.